The molecule has 1 heterocycles. The summed E-state index contributed by atoms with van der Waals surface area (Å²) in [7, 11) is 0. The van der Waals surface area contributed by atoms with E-state index in [-0.39, 0.29) is 23.7 Å². The fourth-order valence-electron chi connectivity index (χ4n) is 2.38. The molecule has 0 bridgehead atoms. The molecule has 1 saturated heterocycles. The first-order valence-electron chi connectivity index (χ1n) is 6.51. The average molecular weight is 242 g/mol. The van der Waals surface area contributed by atoms with Crippen molar-refractivity contribution in [2.45, 2.75) is 64.7 Å². The number of nitrogens with zero attached hydrogens (tertiary/aromatic N) is 1. The van der Waals surface area contributed by atoms with Gasteiger partial charge in [0.2, 0.25) is 5.91 Å². The van der Waals surface area contributed by atoms with Crippen molar-refractivity contribution in [1.82, 2.24) is 4.90 Å². The minimum Gasteiger partial charge on any atom is -0.369 e. The van der Waals surface area contributed by atoms with Gasteiger partial charge < -0.3 is 15.4 Å². The zero-order valence-electron chi connectivity index (χ0n) is 11.5. The summed E-state index contributed by atoms with van der Waals surface area (Å²) in [4.78, 5) is 14.0. The van der Waals surface area contributed by atoms with Gasteiger partial charge in [0, 0.05) is 25.6 Å². The van der Waals surface area contributed by atoms with Crippen molar-refractivity contribution in [2.75, 3.05) is 13.1 Å². The van der Waals surface area contributed by atoms with E-state index in [1.54, 1.807) is 0 Å². The molecule has 1 aliphatic rings. The minimum atomic E-state index is -0.228. The van der Waals surface area contributed by atoms with Crippen molar-refractivity contribution in [3.05, 3.63) is 0 Å². The Morgan fingerprint density at radius 2 is 2.24 bits per heavy atom. The van der Waals surface area contributed by atoms with Crippen LogP contribution >= 0.6 is 0 Å². The summed E-state index contributed by atoms with van der Waals surface area (Å²) in [6, 6.07) is 0.183. The Labute approximate surface area is 104 Å². The van der Waals surface area contributed by atoms with Gasteiger partial charge in [-0.05, 0) is 40.5 Å². The molecule has 1 fully saturated rings. The van der Waals surface area contributed by atoms with Gasteiger partial charge in [-0.15, -0.1) is 0 Å². The van der Waals surface area contributed by atoms with E-state index in [1.807, 2.05) is 32.6 Å². The topological polar surface area (TPSA) is 55.6 Å². The average Bonchev–Trinajstić information content (AvgIpc) is 2.13. The van der Waals surface area contributed by atoms with Gasteiger partial charge in [0.15, 0.2) is 0 Å². The highest BCUT2D eigenvalue weighted by atomic mass is 16.5. The molecule has 0 aromatic rings. The monoisotopic (exact) mass is 242 g/mol. The second-order valence-corrected chi connectivity index (χ2v) is 5.83. The van der Waals surface area contributed by atoms with Crippen molar-refractivity contribution >= 4 is 5.91 Å². The molecule has 2 atom stereocenters. The van der Waals surface area contributed by atoms with Crippen LogP contribution in [0.1, 0.15) is 47.0 Å². The molecular weight excluding hydrogens is 216 g/mol. The summed E-state index contributed by atoms with van der Waals surface area (Å²) < 4.78 is 5.78. The number of carbonyl (C=O) groups is 1. The maximum atomic E-state index is 12.0. The normalized spacial score (nSPS) is 25.7. The summed E-state index contributed by atoms with van der Waals surface area (Å²) in [5.74, 6) is 0.230. The number of morpholine rings is 1. The quantitative estimate of drug-likeness (QED) is 0.813. The van der Waals surface area contributed by atoms with Crippen LogP contribution in [0.4, 0.5) is 0 Å². The third-order valence-electron chi connectivity index (χ3n) is 2.97. The second-order valence-electron chi connectivity index (χ2n) is 5.83. The Bertz CT molecular complexity index is 264. The molecule has 1 aliphatic heterocycles. The van der Waals surface area contributed by atoms with Crippen molar-refractivity contribution in [2.24, 2.45) is 5.73 Å². The maximum Gasteiger partial charge on any atom is 0.222 e. The van der Waals surface area contributed by atoms with Crippen molar-refractivity contribution < 1.29 is 9.53 Å². The number of rotatable bonds is 4. The molecule has 0 aromatic carbocycles. The van der Waals surface area contributed by atoms with E-state index < -0.39 is 0 Å². The Balaban J connectivity index is 2.40. The Hall–Kier alpha value is -0.610. The molecule has 0 saturated carbocycles. The molecule has 17 heavy (non-hydrogen) atoms. The van der Waals surface area contributed by atoms with Crippen molar-refractivity contribution in [3.8, 4) is 0 Å². The van der Waals surface area contributed by atoms with E-state index in [9.17, 15) is 4.79 Å². The van der Waals surface area contributed by atoms with Crippen LogP contribution in [0.3, 0.4) is 0 Å². The summed E-state index contributed by atoms with van der Waals surface area (Å²) in [5.41, 5.74) is 5.45. The van der Waals surface area contributed by atoms with E-state index in [4.69, 9.17) is 10.5 Å². The Morgan fingerprint density at radius 3 is 2.76 bits per heavy atom. The molecule has 100 valence electrons. The number of carbonyl (C=O) groups excluding carboxylic acids is 1. The van der Waals surface area contributed by atoms with Crippen LogP contribution in [0.15, 0.2) is 0 Å². The lowest BCUT2D eigenvalue weighted by atomic mass is 10.0. The third kappa shape index (κ3) is 5.04. The molecule has 1 rings (SSSR count). The van der Waals surface area contributed by atoms with Gasteiger partial charge >= 0.3 is 0 Å². The zero-order valence-corrected chi connectivity index (χ0v) is 11.5. The summed E-state index contributed by atoms with van der Waals surface area (Å²) in [6.45, 7) is 9.46. The van der Waals surface area contributed by atoms with Gasteiger partial charge in [-0.2, -0.15) is 0 Å². The van der Waals surface area contributed by atoms with E-state index in [0.717, 1.165) is 12.8 Å². The first-order chi connectivity index (χ1) is 7.80. The van der Waals surface area contributed by atoms with Crippen LogP contribution < -0.4 is 5.73 Å². The number of nitrogens with two attached hydrogens (primary N) is 1. The lowest BCUT2D eigenvalue weighted by Gasteiger charge is -2.41. The van der Waals surface area contributed by atoms with Gasteiger partial charge in [-0.3, -0.25) is 4.79 Å². The van der Waals surface area contributed by atoms with Gasteiger partial charge in [0.25, 0.3) is 0 Å². The summed E-state index contributed by atoms with van der Waals surface area (Å²) >= 11 is 0. The molecule has 2 N–H and O–H groups in total. The van der Waals surface area contributed by atoms with E-state index >= 15 is 0 Å². The van der Waals surface area contributed by atoms with Crippen molar-refractivity contribution in [1.29, 1.82) is 0 Å². The van der Waals surface area contributed by atoms with Crippen LogP contribution in [-0.4, -0.2) is 41.6 Å². The van der Waals surface area contributed by atoms with Crippen LogP contribution in [0.25, 0.3) is 0 Å². The molecule has 0 aromatic heterocycles. The van der Waals surface area contributed by atoms with Crippen LogP contribution in [0.2, 0.25) is 0 Å². The molecule has 0 spiro atoms. The third-order valence-corrected chi connectivity index (χ3v) is 2.97. The van der Waals surface area contributed by atoms with Crippen LogP contribution in [-0.2, 0) is 9.53 Å². The summed E-state index contributed by atoms with van der Waals surface area (Å²) in [6.07, 6.45) is 2.51. The molecular formula is C13H26N2O2. The smallest absolute Gasteiger partial charge is 0.222 e. The zero-order chi connectivity index (χ0) is 13.1. The highest BCUT2D eigenvalue weighted by Crippen LogP contribution is 2.21. The Kier molecular flexibility index (Phi) is 4.95. The fraction of sp³-hybridized carbons (Fsp3) is 0.923. The maximum absolute atomic E-state index is 12.0. The minimum absolute atomic E-state index is 0.121. The highest BCUT2D eigenvalue weighted by molar-refractivity contribution is 5.76. The number of hydrogen-bond donors (Lipinski definition) is 1. The largest absolute Gasteiger partial charge is 0.369 e. The summed E-state index contributed by atoms with van der Waals surface area (Å²) in [5, 5.41) is 0. The number of ether oxygens (including phenoxy) is 1. The van der Waals surface area contributed by atoms with Gasteiger partial charge in [0.05, 0.1) is 11.7 Å². The lowest BCUT2D eigenvalue weighted by molar-refractivity contribution is -0.158. The first kappa shape index (κ1) is 14.5. The lowest BCUT2D eigenvalue weighted by Crippen LogP contribution is -2.53. The van der Waals surface area contributed by atoms with E-state index in [1.165, 1.54) is 0 Å². The standard InChI is InChI=1S/C13H26N2O2/c1-10(14)6-5-7-12(16)15-8-11(2)17-13(3,4)9-15/h10-11H,5-9,14H2,1-4H3. The predicted molar refractivity (Wildman–Crippen MR) is 68.7 cm³/mol. The molecule has 1 amide bonds. The molecule has 0 aliphatic carbocycles. The first-order valence-corrected chi connectivity index (χ1v) is 6.51. The Morgan fingerprint density at radius 1 is 1.59 bits per heavy atom. The SMILES string of the molecule is CC(N)CCCC(=O)N1CC(C)OC(C)(C)C1. The van der Waals surface area contributed by atoms with E-state index in [0.29, 0.717) is 19.5 Å². The van der Waals surface area contributed by atoms with Gasteiger partial charge in [-0.1, -0.05) is 0 Å². The molecule has 4 heteroatoms. The number of hydrogen-bond acceptors (Lipinski definition) is 3. The highest BCUT2D eigenvalue weighted by Gasteiger charge is 2.33. The number of amides is 1. The molecule has 2 unspecified atom stereocenters. The fourth-order valence-corrected chi connectivity index (χ4v) is 2.38. The van der Waals surface area contributed by atoms with Crippen LogP contribution in [0, 0.1) is 0 Å². The molecule has 4 nitrogen and oxygen atoms in total. The second kappa shape index (κ2) is 5.83. The van der Waals surface area contributed by atoms with Gasteiger partial charge in [0.1, 0.15) is 0 Å². The van der Waals surface area contributed by atoms with Crippen LogP contribution in [0.5, 0.6) is 0 Å². The predicted octanol–water partition coefficient (Wildman–Crippen LogP) is 1.53. The van der Waals surface area contributed by atoms with Gasteiger partial charge in [-0.25, -0.2) is 0 Å². The van der Waals surface area contributed by atoms with E-state index in [2.05, 4.69) is 0 Å². The molecule has 0 radical (unpaired) electrons. The van der Waals surface area contributed by atoms with Crippen molar-refractivity contribution in [3.63, 3.8) is 0 Å².